The maximum absolute atomic E-state index is 12.9. The SMILES string of the molecule is Cc1nn(C)c2[nH]cc(C(=O)Nc3ccc(F)cc3)c(=O)c12. The van der Waals surface area contributed by atoms with Crippen LogP contribution in [0.25, 0.3) is 11.0 Å². The van der Waals surface area contributed by atoms with Crippen molar-refractivity contribution in [1.82, 2.24) is 14.8 Å². The van der Waals surface area contributed by atoms with Crippen LogP contribution in [0, 0.1) is 12.7 Å². The van der Waals surface area contributed by atoms with E-state index in [1.54, 1.807) is 18.7 Å². The van der Waals surface area contributed by atoms with Crippen LogP contribution in [0.2, 0.25) is 0 Å². The summed E-state index contributed by atoms with van der Waals surface area (Å²) >= 11 is 0. The highest BCUT2D eigenvalue weighted by atomic mass is 19.1. The Labute approximate surface area is 124 Å². The summed E-state index contributed by atoms with van der Waals surface area (Å²) in [5, 5.41) is 7.11. The van der Waals surface area contributed by atoms with E-state index in [1.165, 1.54) is 30.5 Å². The number of halogens is 1. The molecule has 0 unspecified atom stereocenters. The van der Waals surface area contributed by atoms with Crippen LogP contribution in [0.15, 0.2) is 35.3 Å². The molecule has 0 aliphatic heterocycles. The second kappa shape index (κ2) is 5.10. The summed E-state index contributed by atoms with van der Waals surface area (Å²) in [6.07, 6.45) is 1.35. The first-order chi connectivity index (χ1) is 10.5. The van der Waals surface area contributed by atoms with Gasteiger partial charge < -0.3 is 10.3 Å². The zero-order valence-electron chi connectivity index (χ0n) is 12.0. The summed E-state index contributed by atoms with van der Waals surface area (Å²) < 4.78 is 14.4. The molecule has 0 aliphatic rings. The van der Waals surface area contributed by atoms with Crippen molar-refractivity contribution in [3.8, 4) is 0 Å². The Morgan fingerprint density at radius 1 is 1.32 bits per heavy atom. The normalized spacial score (nSPS) is 10.9. The molecule has 0 spiro atoms. The predicted octanol–water partition coefficient (Wildman–Crippen LogP) is 1.96. The van der Waals surface area contributed by atoms with Gasteiger partial charge in [-0.05, 0) is 31.2 Å². The molecule has 3 rings (SSSR count). The van der Waals surface area contributed by atoms with Gasteiger partial charge in [-0.1, -0.05) is 0 Å². The van der Waals surface area contributed by atoms with E-state index in [9.17, 15) is 14.0 Å². The third kappa shape index (κ3) is 2.26. The van der Waals surface area contributed by atoms with Crippen molar-refractivity contribution >= 4 is 22.6 Å². The van der Waals surface area contributed by atoms with Crippen LogP contribution in [-0.4, -0.2) is 20.7 Å². The summed E-state index contributed by atoms with van der Waals surface area (Å²) in [7, 11) is 1.71. The number of rotatable bonds is 2. The molecule has 0 saturated heterocycles. The van der Waals surface area contributed by atoms with Crippen molar-refractivity contribution in [3.05, 3.63) is 57.8 Å². The van der Waals surface area contributed by atoms with Gasteiger partial charge in [-0.15, -0.1) is 0 Å². The number of carbonyl (C=O) groups excluding carboxylic acids is 1. The third-order valence-corrected chi connectivity index (χ3v) is 3.39. The van der Waals surface area contributed by atoms with E-state index in [0.29, 0.717) is 22.4 Å². The first-order valence-corrected chi connectivity index (χ1v) is 6.59. The molecule has 0 aliphatic carbocycles. The maximum atomic E-state index is 12.9. The lowest BCUT2D eigenvalue weighted by atomic mass is 10.2. The Balaban J connectivity index is 2.01. The van der Waals surface area contributed by atoms with Gasteiger partial charge in [0, 0.05) is 18.9 Å². The molecule has 112 valence electrons. The lowest BCUT2D eigenvalue weighted by Crippen LogP contribution is -2.22. The number of H-pyrrole nitrogens is 1. The van der Waals surface area contributed by atoms with Crippen LogP contribution in [0.3, 0.4) is 0 Å². The lowest BCUT2D eigenvalue weighted by Gasteiger charge is -2.05. The number of aromatic nitrogens is 3. The van der Waals surface area contributed by atoms with Crippen LogP contribution in [0.4, 0.5) is 10.1 Å². The minimum Gasteiger partial charge on any atom is -0.345 e. The van der Waals surface area contributed by atoms with Crippen LogP contribution in [0.1, 0.15) is 16.1 Å². The number of aryl methyl sites for hydroxylation is 2. The van der Waals surface area contributed by atoms with E-state index in [2.05, 4.69) is 15.4 Å². The second-order valence-electron chi connectivity index (χ2n) is 4.93. The number of nitrogens with zero attached hydrogens (tertiary/aromatic N) is 2. The molecule has 7 heteroatoms. The molecule has 22 heavy (non-hydrogen) atoms. The average molecular weight is 300 g/mol. The third-order valence-electron chi connectivity index (χ3n) is 3.39. The fourth-order valence-electron chi connectivity index (χ4n) is 2.34. The van der Waals surface area contributed by atoms with Gasteiger partial charge in [-0.25, -0.2) is 4.39 Å². The van der Waals surface area contributed by atoms with Gasteiger partial charge in [0.15, 0.2) is 0 Å². The van der Waals surface area contributed by atoms with Gasteiger partial charge in [-0.3, -0.25) is 14.3 Å². The van der Waals surface area contributed by atoms with Gasteiger partial charge in [0.05, 0.1) is 11.1 Å². The van der Waals surface area contributed by atoms with Crippen molar-refractivity contribution < 1.29 is 9.18 Å². The molecule has 6 nitrogen and oxygen atoms in total. The highest BCUT2D eigenvalue weighted by Crippen LogP contribution is 2.13. The highest BCUT2D eigenvalue weighted by Gasteiger charge is 2.17. The lowest BCUT2D eigenvalue weighted by molar-refractivity contribution is 0.102. The van der Waals surface area contributed by atoms with Crippen molar-refractivity contribution in [2.75, 3.05) is 5.32 Å². The minimum atomic E-state index is -0.557. The average Bonchev–Trinajstić information content (AvgIpc) is 2.77. The molecule has 2 heterocycles. The molecule has 0 saturated carbocycles. The second-order valence-corrected chi connectivity index (χ2v) is 4.93. The number of nitrogens with one attached hydrogen (secondary N) is 2. The Hall–Kier alpha value is -2.96. The standard InChI is InChI=1S/C15H13FN4O2/c1-8-12-13(21)11(7-17-14(12)20(2)19-8)15(22)18-10-5-3-9(16)4-6-10/h3-7H,1-2H3,(H,17,21)(H,18,22). The van der Waals surface area contributed by atoms with Crippen LogP contribution >= 0.6 is 0 Å². The summed E-state index contributed by atoms with van der Waals surface area (Å²) in [5.74, 6) is -0.957. The van der Waals surface area contributed by atoms with E-state index in [1.807, 2.05) is 0 Å². The molecule has 0 bridgehead atoms. The van der Waals surface area contributed by atoms with Crippen molar-refractivity contribution in [3.63, 3.8) is 0 Å². The van der Waals surface area contributed by atoms with E-state index >= 15 is 0 Å². The first-order valence-electron chi connectivity index (χ1n) is 6.59. The molecule has 0 radical (unpaired) electrons. The Kier molecular flexibility index (Phi) is 3.25. The van der Waals surface area contributed by atoms with Crippen LogP contribution in [0.5, 0.6) is 0 Å². The van der Waals surface area contributed by atoms with E-state index in [-0.39, 0.29) is 11.0 Å². The topological polar surface area (TPSA) is 79.8 Å². The van der Waals surface area contributed by atoms with Crippen molar-refractivity contribution in [1.29, 1.82) is 0 Å². The molecule has 1 aromatic carbocycles. The number of anilines is 1. The quantitative estimate of drug-likeness (QED) is 0.759. The zero-order chi connectivity index (χ0) is 15.9. The molecule has 3 aromatic rings. The Morgan fingerprint density at radius 2 is 2.00 bits per heavy atom. The summed E-state index contributed by atoms with van der Waals surface area (Å²) in [6.45, 7) is 1.71. The number of aromatic amines is 1. The number of amides is 1. The largest absolute Gasteiger partial charge is 0.345 e. The Bertz CT molecular complexity index is 925. The van der Waals surface area contributed by atoms with Crippen molar-refractivity contribution in [2.45, 2.75) is 6.92 Å². The molecule has 2 N–H and O–H groups in total. The fourth-order valence-corrected chi connectivity index (χ4v) is 2.34. The summed E-state index contributed by atoms with van der Waals surface area (Å²) in [6, 6.07) is 5.31. The number of hydrogen-bond donors (Lipinski definition) is 2. The number of carbonyl (C=O) groups is 1. The summed E-state index contributed by atoms with van der Waals surface area (Å²) in [4.78, 5) is 27.6. The van der Waals surface area contributed by atoms with Gasteiger partial charge in [0.2, 0.25) is 5.43 Å². The van der Waals surface area contributed by atoms with Crippen LogP contribution in [-0.2, 0) is 7.05 Å². The smallest absolute Gasteiger partial charge is 0.261 e. The van der Waals surface area contributed by atoms with Gasteiger partial charge >= 0.3 is 0 Å². The van der Waals surface area contributed by atoms with E-state index < -0.39 is 11.7 Å². The molecule has 0 atom stereocenters. The molecular weight excluding hydrogens is 287 g/mol. The molecule has 1 amide bonds. The summed E-state index contributed by atoms with van der Waals surface area (Å²) in [5.41, 5.74) is 1.11. The van der Waals surface area contributed by atoms with Gasteiger partial charge in [-0.2, -0.15) is 5.10 Å². The van der Waals surface area contributed by atoms with Crippen LogP contribution < -0.4 is 10.7 Å². The monoisotopic (exact) mass is 300 g/mol. The van der Waals surface area contributed by atoms with Gasteiger partial charge in [0.1, 0.15) is 17.0 Å². The Morgan fingerprint density at radius 3 is 2.68 bits per heavy atom. The fraction of sp³-hybridized carbons (Fsp3) is 0.133. The maximum Gasteiger partial charge on any atom is 0.261 e. The van der Waals surface area contributed by atoms with E-state index in [0.717, 1.165) is 0 Å². The van der Waals surface area contributed by atoms with Crippen molar-refractivity contribution in [2.24, 2.45) is 7.05 Å². The zero-order valence-corrected chi connectivity index (χ0v) is 12.0. The van der Waals surface area contributed by atoms with Gasteiger partial charge in [0.25, 0.3) is 5.91 Å². The number of fused-ring (bicyclic) bond motifs is 1. The molecule has 0 fully saturated rings. The number of pyridine rings is 1. The highest BCUT2D eigenvalue weighted by molar-refractivity contribution is 6.05. The minimum absolute atomic E-state index is 0.0204. The van der Waals surface area contributed by atoms with E-state index in [4.69, 9.17) is 0 Å². The molecular formula is C15H13FN4O2. The first kappa shape index (κ1) is 14.0. The number of hydrogen-bond acceptors (Lipinski definition) is 3. The molecule has 2 aromatic heterocycles. The predicted molar refractivity (Wildman–Crippen MR) is 80.4 cm³/mol. The number of benzene rings is 1.